The van der Waals surface area contributed by atoms with Crippen LogP contribution in [0.4, 0.5) is 0 Å². The normalized spacial score (nSPS) is 24.6. The third kappa shape index (κ3) is 3.16. The summed E-state index contributed by atoms with van der Waals surface area (Å²) in [7, 11) is 1.42. The van der Waals surface area contributed by atoms with Crippen molar-refractivity contribution in [1.82, 2.24) is 4.90 Å². The minimum Gasteiger partial charge on any atom is -0.468 e. The number of rotatable bonds is 6. The van der Waals surface area contributed by atoms with Gasteiger partial charge in [-0.15, -0.1) is 0 Å². The van der Waals surface area contributed by atoms with Crippen molar-refractivity contribution in [2.75, 3.05) is 20.2 Å². The van der Waals surface area contributed by atoms with E-state index in [0.29, 0.717) is 6.54 Å². The number of Topliss-reactive ketones (excluding diaryl/α,β-unsaturated/α-hetero) is 1. The third-order valence-corrected chi connectivity index (χ3v) is 5.17. The predicted molar refractivity (Wildman–Crippen MR) is 92.4 cm³/mol. The molecule has 2 aliphatic rings. The number of carbonyl (C=O) groups excluding carboxylic acids is 2. The van der Waals surface area contributed by atoms with E-state index in [-0.39, 0.29) is 23.6 Å². The molecule has 0 aromatic heterocycles. The van der Waals surface area contributed by atoms with Crippen molar-refractivity contribution in [3.63, 3.8) is 0 Å². The van der Waals surface area contributed by atoms with Gasteiger partial charge in [0.2, 0.25) is 0 Å². The Morgan fingerprint density at radius 1 is 1.29 bits per heavy atom. The quantitative estimate of drug-likeness (QED) is 0.753. The molecule has 0 saturated carbocycles. The van der Waals surface area contributed by atoms with Crippen molar-refractivity contribution in [3.8, 4) is 0 Å². The Morgan fingerprint density at radius 2 is 2.04 bits per heavy atom. The monoisotopic (exact) mass is 327 g/mol. The van der Waals surface area contributed by atoms with Crippen LogP contribution >= 0.6 is 0 Å². The van der Waals surface area contributed by atoms with Crippen LogP contribution in [-0.2, 0) is 14.3 Å². The number of carbonyl (C=O) groups is 2. The number of hydrogen-bond donors (Lipinski definition) is 0. The van der Waals surface area contributed by atoms with E-state index in [4.69, 9.17) is 4.74 Å². The zero-order valence-electron chi connectivity index (χ0n) is 14.4. The van der Waals surface area contributed by atoms with Gasteiger partial charge in [0.1, 0.15) is 6.04 Å². The molecular weight excluding hydrogens is 302 g/mol. The lowest BCUT2D eigenvalue weighted by molar-refractivity contribution is -0.147. The zero-order valence-corrected chi connectivity index (χ0v) is 14.4. The van der Waals surface area contributed by atoms with Crippen LogP contribution in [0.25, 0.3) is 0 Å². The lowest BCUT2D eigenvalue weighted by Gasteiger charge is -2.26. The van der Waals surface area contributed by atoms with Gasteiger partial charge in [-0.05, 0) is 24.0 Å². The molecule has 1 saturated heterocycles. The van der Waals surface area contributed by atoms with Gasteiger partial charge in [-0.25, -0.2) is 4.79 Å². The Balaban J connectivity index is 1.78. The Kier molecular flexibility index (Phi) is 5.14. The summed E-state index contributed by atoms with van der Waals surface area (Å²) in [6, 6.07) is 9.25. The molecule has 1 fully saturated rings. The summed E-state index contributed by atoms with van der Waals surface area (Å²) < 4.78 is 5.02. The molecule has 1 aliphatic carbocycles. The maximum atomic E-state index is 12.6. The van der Waals surface area contributed by atoms with Gasteiger partial charge >= 0.3 is 5.97 Å². The van der Waals surface area contributed by atoms with E-state index in [9.17, 15) is 9.59 Å². The van der Waals surface area contributed by atoms with Crippen molar-refractivity contribution in [1.29, 1.82) is 0 Å². The summed E-state index contributed by atoms with van der Waals surface area (Å²) in [6.07, 6.45) is 5.21. The average molecular weight is 327 g/mol. The topological polar surface area (TPSA) is 46.6 Å². The van der Waals surface area contributed by atoms with Crippen molar-refractivity contribution in [2.24, 2.45) is 11.8 Å². The van der Waals surface area contributed by atoms with E-state index >= 15 is 0 Å². The van der Waals surface area contributed by atoms with Crippen molar-refractivity contribution in [2.45, 2.75) is 32.2 Å². The lowest BCUT2D eigenvalue weighted by atomic mass is 9.97. The first-order chi connectivity index (χ1) is 11.7. The molecule has 128 valence electrons. The molecule has 3 atom stereocenters. The highest BCUT2D eigenvalue weighted by Gasteiger charge is 2.45. The van der Waals surface area contributed by atoms with Crippen LogP contribution in [0, 0.1) is 11.8 Å². The second-order valence-corrected chi connectivity index (χ2v) is 6.72. The molecule has 3 rings (SSSR count). The van der Waals surface area contributed by atoms with Gasteiger partial charge in [0.05, 0.1) is 7.11 Å². The molecule has 4 heteroatoms. The zero-order chi connectivity index (χ0) is 17.1. The summed E-state index contributed by atoms with van der Waals surface area (Å²) in [5.41, 5.74) is 1.92. The van der Waals surface area contributed by atoms with Crippen LogP contribution in [0.5, 0.6) is 0 Å². The van der Waals surface area contributed by atoms with Gasteiger partial charge in [0.25, 0.3) is 0 Å². The highest BCUT2D eigenvalue weighted by molar-refractivity contribution is 6.00. The Hall–Kier alpha value is -1.94. The van der Waals surface area contributed by atoms with Crippen LogP contribution in [0.15, 0.2) is 42.0 Å². The highest BCUT2D eigenvalue weighted by atomic mass is 16.5. The summed E-state index contributed by atoms with van der Waals surface area (Å²) >= 11 is 0. The van der Waals surface area contributed by atoms with Gasteiger partial charge in [-0.2, -0.15) is 0 Å². The van der Waals surface area contributed by atoms with Crippen LogP contribution in [0.3, 0.4) is 0 Å². The van der Waals surface area contributed by atoms with Crippen molar-refractivity contribution in [3.05, 3.63) is 47.5 Å². The van der Waals surface area contributed by atoms with Crippen LogP contribution < -0.4 is 0 Å². The largest absolute Gasteiger partial charge is 0.468 e. The molecule has 1 aromatic rings. The number of nitrogens with zero attached hydrogens (tertiary/aromatic N) is 1. The number of methoxy groups -OCH3 is 1. The Morgan fingerprint density at radius 3 is 2.67 bits per heavy atom. The van der Waals surface area contributed by atoms with E-state index in [1.165, 1.54) is 7.11 Å². The first-order valence-electron chi connectivity index (χ1n) is 8.77. The van der Waals surface area contributed by atoms with Gasteiger partial charge in [0.15, 0.2) is 5.78 Å². The second kappa shape index (κ2) is 7.31. The fourth-order valence-corrected chi connectivity index (χ4v) is 3.91. The second-order valence-electron chi connectivity index (χ2n) is 6.72. The standard InChI is InChI=1S/C20H25NO3/c1-3-4-8-15-11-16-12-21(13-17(16)19(15)22)18(20(23)24-2)14-9-6-5-7-10-14/h5-7,9-11,16-18H,3-4,8,12-13H2,1-2H3/t16-,17+,18+/m0/s1. The molecule has 0 amide bonds. The number of ether oxygens (including phenoxy) is 1. The van der Waals surface area contributed by atoms with Crippen molar-refractivity contribution >= 4 is 11.8 Å². The summed E-state index contributed by atoms with van der Waals surface area (Å²) in [4.78, 5) is 27.1. The average Bonchev–Trinajstić information content (AvgIpc) is 3.13. The number of esters is 1. The number of fused-ring (bicyclic) bond motifs is 1. The number of ketones is 1. The van der Waals surface area contributed by atoms with Crippen LogP contribution in [0.2, 0.25) is 0 Å². The smallest absolute Gasteiger partial charge is 0.327 e. The molecule has 1 aromatic carbocycles. The van der Waals surface area contributed by atoms with E-state index < -0.39 is 6.04 Å². The summed E-state index contributed by atoms with van der Waals surface area (Å²) in [5.74, 6) is 0.268. The van der Waals surface area contributed by atoms with E-state index in [1.807, 2.05) is 30.3 Å². The number of allylic oxidation sites excluding steroid dienone is 1. The fourth-order valence-electron chi connectivity index (χ4n) is 3.91. The molecular formula is C20H25NO3. The Labute approximate surface area is 143 Å². The molecule has 0 unspecified atom stereocenters. The molecule has 4 nitrogen and oxygen atoms in total. The summed E-state index contributed by atoms with van der Waals surface area (Å²) in [5, 5.41) is 0. The number of unbranched alkanes of at least 4 members (excludes halogenated alkanes) is 1. The molecule has 0 spiro atoms. The van der Waals surface area contributed by atoms with Crippen LogP contribution in [0.1, 0.15) is 37.8 Å². The SMILES string of the molecule is CCCCC1=C[C@H]2CN([C@@H](C(=O)OC)c3ccccc3)C[C@H]2C1=O. The maximum absolute atomic E-state index is 12.6. The molecule has 0 N–H and O–H groups in total. The minimum absolute atomic E-state index is 0.00715. The van der Waals surface area contributed by atoms with E-state index in [1.54, 1.807) is 0 Å². The molecule has 24 heavy (non-hydrogen) atoms. The number of hydrogen-bond acceptors (Lipinski definition) is 4. The number of benzene rings is 1. The maximum Gasteiger partial charge on any atom is 0.327 e. The van der Waals surface area contributed by atoms with Gasteiger partial charge in [-0.1, -0.05) is 49.8 Å². The Bertz CT molecular complexity index is 638. The first kappa shape index (κ1) is 16.9. The van der Waals surface area contributed by atoms with Gasteiger partial charge in [-0.3, -0.25) is 9.69 Å². The van der Waals surface area contributed by atoms with Gasteiger partial charge < -0.3 is 4.74 Å². The molecule has 0 bridgehead atoms. The molecule has 0 radical (unpaired) electrons. The summed E-state index contributed by atoms with van der Waals surface area (Å²) in [6.45, 7) is 3.51. The lowest BCUT2D eigenvalue weighted by Crippen LogP contribution is -2.34. The van der Waals surface area contributed by atoms with Crippen molar-refractivity contribution < 1.29 is 14.3 Å². The van der Waals surface area contributed by atoms with E-state index in [0.717, 1.165) is 36.9 Å². The predicted octanol–water partition coefficient (Wildman–Crippen LogP) is 3.15. The first-order valence-corrected chi connectivity index (χ1v) is 8.77. The van der Waals surface area contributed by atoms with Crippen LogP contribution in [-0.4, -0.2) is 36.9 Å². The third-order valence-electron chi connectivity index (χ3n) is 5.17. The number of likely N-dealkylation sites (tertiary alicyclic amines) is 1. The highest BCUT2D eigenvalue weighted by Crippen LogP contribution is 2.39. The fraction of sp³-hybridized carbons (Fsp3) is 0.500. The molecule has 1 heterocycles. The molecule has 1 aliphatic heterocycles. The van der Waals surface area contributed by atoms with Gasteiger partial charge in [0, 0.05) is 24.9 Å². The minimum atomic E-state index is -0.429. The van der Waals surface area contributed by atoms with E-state index in [2.05, 4.69) is 17.9 Å².